The molecule has 0 N–H and O–H groups in total. The molecule has 5 heteroatoms. The minimum Gasteiger partial charge on any atom is -0.496 e. The van der Waals surface area contributed by atoms with Crippen molar-refractivity contribution in [2.45, 2.75) is 32.4 Å². The van der Waals surface area contributed by atoms with E-state index in [0.29, 0.717) is 11.3 Å². The zero-order valence-corrected chi connectivity index (χ0v) is 10.3. The molecular formula is C13H15F3O2. The van der Waals surface area contributed by atoms with Gasteiger partial charge >= 0.3 is 6.18 Å². The highest BCUT2D eigenvalue weighted by Gasteiger charge is 2.27. The highest BCUT2D eigenvalue weighted by atomic mass is 19.4. The van der Waals surface area contributed by atoms with E-state index in [2.05, 4.69) is 0 Å². The smallest absolute Gasteiger partial charge is 0.389 e. The predicted molar refractivity (Wildman–Crippen MR) is 61.7 cm³/mol. The van der Waals surface area contributed by atoms with E-state index >= 15 is 0 Å². The second-order valence-electron chi connectivity index (χ2n) is 4.15. The number of ether oxygens (including phenoxy) is 1. The molecule has 0 spiro atoms. The lowest BCUT2D eigenvalue weighted by Gasteiger charge is -2.09. The van der Waals surface area contributed by atoms with Gasteiger partial charge < -0.3 is 4.74 Å². The van der Waals surface area contributed by atoms with Crippen LogP contribution in [0.3, 0.4) is 0 Å². The standard InChI is InChI=1S/C13H15F3O2/c1-9-3-4-12(18-2)10(7-9)8-11(17)5-6-13(14,15)16/h3-4,7H,5-6,8H2,1-2H3. The van der Waals surface area contributed by atoms with Crippen molar-refractivity contribution in [1.82, 2.24) is 0 Å². The molecular weight excluding hydrogens is 245 g/mol. The summed E-state index contributed by atoms with van der Waals surface area (Å²) in [6.07, 6.45) is -5.87. The molecule has 0 aliphatic rings. The van der Waals surface area contributed by atoms with Crippen LogP contribution in [0, 0.1) is 6.92 Å². The number of aryl methyl sites for hydroxylation is 1. The summed E-state index contributed by atoms with van der Waals surface area (Å²) >= 11 is 0. The van der Waals surface area contributed by atoms with Crippen LogP contribution >= 0.6 is 0 Å². The Morgan fingerprint density at radius 2 is 2.00 bits per heavy atom. The molecule has 1 rings (SSSR count). The fourth-order valence-corrected chi connectivity index (χ4v) is 1.63. The Morgan fingerprint density at radius 3 is 2.56 bits per heavy atom. The first-order chi connectivity index (χ1) is 8.31. The number of ketones is 1. The van der Waals surface area contributed by atoms with Crippen LogP contribution in [0.4, 0.5) is 13.2 Å². The molecule has 0 fully saturated rings. The summed E-state index contributed by atoms with van der Waals surface area (Å²) in [5, 5.41) is 0. The summed E-state index contributed by atoms with van der Waals surface area (Å²) in [5.41, 5.74) is 1.57. The van der Waals surface area contributed by atoms with E-state index in [9.17, 15) is 18.0 Å². The molecule has 18 heavy (non-hydrogen) atoms. The molecule has 2 nitrogen and oxygen atoms in total. The first-order valence-electron chi connectivity index (χ1n) is 5.54. The molecule has 0 bridgehead atoms. The third-order valence-electron chi connectivity index (χ3n) is 2.51. The molecule has 0 saturated carbocycles. The van der Waals surface area contributed by atoms with Gasteiger partial charge in [-0.2, -0.15) is 13.2 Å². The summed E-state index contributed by atoms with van der Waals surface area (Å²) in [4.78, 5) is 11.5. The predicted octanol–water partition coefficient (Wildman–Crippen LogP) is 3.46. The van der Waals surface area contributed by atoms with Crippen LogP contribution in [0.1, 0.15) is 24.0 Å². The Morgan fingerprint density at radius 1 is 1.33 bits per heavy atom. The SMILES string of the molecule is COc1ccc(C)cc1CC(=O)CCC(F)(F)F. The number of alkyl halides is 3. The first-order valence-corrected chi connectivity index (χ1v) is 5.54. The van der Waals surface area contributed by atoms with Gasteiger partial charge in [-0.25, -0.2) is 0 Å². The summed E-state index contributed by atoms with van der Waals surface area (Å²) in [7, 11) is 1.47. The van der Waals surface area contributed by atoms with Gasteiger partial charge in [0.15, 0.2) is 0 Å². The van der Waals surface area contributed by atoms with Crippen LogP contribution < -0.4 is 4.74 Å². The molecule has 0 amide bonds. The lowest BCUT2D eigenvalue weighted by Crippen LogP contribution is -2.12. The van der Waals surface area contributed by atoms with E-state index in [4.69, 9.17) is 4.74 Å². The van der Waals surface area contributed by atoms with Gasteiger partial charge in [0.1, 0.15) is 11.5 Å². The van der Waals surface area contributed by atoms with Gasteiger partial charge in [-0.3, -0.25) is 4.79 Å². The number of rotatable bonds is 5. The number of methoxy groups -OCH3 is 1. The second-order valence-corrected chi connectivity index (χ2v) is 4.15. The Kier molecular flexibility index (Phi) is 4.76. The number of Topliss-reactive ketones (excluding diaryl/α,β-unsaturated/α-hetero) is 1. The molecule has 0 aliphatic carbocycles. The minimum atomic E-state index is -4.29. The van der Waals surface area contributed by atoms with Crippen molar-refractivity contribution < 1.29 is 22.7 Å². The second kappa shape index (κ2) is 5.89. The van der Waals surface area contributed by atoms with E-state index in [1.165, 1.54) is 7.11 Å². The maximum atomic E-state index is 12.0. The summed E-state index contributed by atoms with van der Waals surface area (Å²) in [5.74, 6) is 0.0946. The highest BCUT2D eigenvalue weighted by molar-refractivity contribution is 5.81. The number of carbonyl (C=O) groups is 1. The molecule has 0 unspecified atom stereocenters. The van der Waals surface area contributed by atoms with Crippen molar-refractivity contribution in [2.24, 2.45) is 0 Å². The molecule has 0 radical (unpaired) electrons. The van der Waals surface area contributed by atoms with Gasteiger partial charge in [0, 0.05) is 18.4 Å². The summed E-state index contributed by atoms with van der Waals surface area (Å²) in [6, 6.07) is 5.29. The van der Waals surface area contributed by atoms with Crippen LogP contribution in [0.25, 0.3) is 0 Å². The minimum absolute atomic E-state index is 0.0269. The van der Waals surface area contributed by atoms with Gasteiger partial charge in [0.25, 0.3) is 0 Å². The van der Waals surface area contributed by atoms with Crippen LogP contribution in [-0.4, -0.2) is 19.1 Å². The molecule has 0 saturated heterocycles. The van der Waals surface area contributed by atoms with Crippen molar-refractivity contribution in [2.75, 3.05) is 7.11 Å². The van der Waals surface area contributed by atoms with E-state index in [0.717, 1.165) is 5.56 Å². The molecule has 1 aromatic rings. The molecule has 100 valence electrons. The fraction of sp³-hybridized carbons (Fsp3) is 0.462. The third-order valence-corrected chi connectivity index (χ3v) is 2.51. The number of hydrogen-bond acceptors (Lipinski definition) is 2. The third kappa shape index (κ3) is 4.77. The Balaban J connectivity index is 2.66. The average Bonchev–Trinajstić information content (AvgIpc) is 2.26. The number of carbonyl (C=O) groups excluding carboxylic acids is 1. The van der Waals surface area contributed by atoms with Crippen molar-refractivity contribution in [3.8, 4) is 5.75 Å². The highest BCUT2D eigenvalue weighted by Crippen LogP contribution is 2.24. The Hall–Kier alpha value is -1.52. The Labute approximate surface area is 104 Å². The van der Waals surface area contributed by atoms with Gasteiger partial charge in [-0.05, 0) is 13.0 Å². The topological polar surface area (TPSA) is 26.3 Å². The lowest BCUT2D eigenvalue weighted by atomic mass is 10.0. The maximum absolute atomic E-state index is 12.0. The van der Waals surface area contributed by atoms with Gasteiger partial charge in [0.05, 0.1) is 13.5 Å². The Bertz CT molecular complexity index is 425. The van der Waals surface area contributed by atoms with Crippen LogP contribution in [0.15, 0.2) is 18.2 Å². The van der Waals surface area contributed by atoms with Crippen LogP contribution in [0.2, 0.25) is 0 Å². The van der Waals surface area contributed by atoms with Gasteiger partial charge in [-0.15, -0.1) is 0 Å². The van der Waals surface area contributed by atoms with Gasteiger partial charge in [-0.1, -0.05) is 17.7 Å². The quantitative estimate of drug-likeness (QED) is 0.810. The molecule has 1 aromatic carbocycles. The zero-order chi connectivity index (χ0) is 13.8. The normalized spacial score (nSPS) is 11.4. The maximum Gasteiger partial charge on any atom is 0.389 e. The van der Waals surface area contributed by atoms with Crippen molar-refractivity contribution >= 4 is 5.78 Å². The summed E-state index contributed by atoms with van der Waals surface area (Å²) in [6.45, 7) is 1.85. The van der Waals surface area contributed by atoms with Crippen LogP contribution in [-0.2, 0) is 11.2 Å². The van der Waals surface area contributed by atoms with Gasteiger partial charge in [0.2, 0.25) is 0 Å². The van der Waals surface area contributed by atoms with Crippen molar-refractivity contribution in [3.05, 3.63) is 29.3 Å². The largest absolute Gasteiger partial charge is 0.496 e. The summed E-state index contributed by atoms with van der Waals surface area (Å²) < 4.78 is 41.0. The average molecular weight is 260 g/mol. The number of hydrogen-bond donors (Lipinski definition) is 0. The van der Waals surface area contributed by atoms with Crippen molar-refractivity contribution in [1.29, 1.82) is 0 Å². The van der Waals surface area contributed by atoms with E-state index in [-0.39, 0.29) is 6.42 Å². The number of benzene rings is 1. The molecule has 0 aliphatic heterocycles. The lowest BCUT2D eigenvalue weighted by molar-refractivity contribution is -0.143. The van der Waals surface area contributed by atoms with E-state index in [1.807, 2.05) is 13.0 Å². The fourth-order valence-electron chi connectivity index (χ4n) is 1.63. The van der Waals surface area contributed by atoms with E-state index < -0.39 is 24.8 Å². The monoisotopic (exact) mass is 260 g/mol. The first kappa shape index (κ1) is 14.5. The van der Waals surface area contributed by atoms with Crippen molar-refractivity contribution in [3.63, 3.8) is 0 Å². The molecule has 0 atom stereocenters. The molecule has 0 aromatic heterocycles. The van der Waals surface area contributed by atoms with E-state index in [1.54, 1.807) is 12.1 Å². The number of halogens is 3. The molecule has 0 heterocycles. The zero-order valence-electron chi connectivity index (χ0n) is 10.3. The van der Waals surface area contributed by atoms with Crippen LogP contribution in [0.5, 0.6) is 5.75 Å².